The molecule has 4 nitrogen and oxygen atoms in total. The second-order valence-electron chi connectivity index (χ2n) is 4.92. The maximum absolute atomic E-state index is 12.3. The minimum atomic E-state index is -3.90. The van der Waals surface area contributed by atoms with E-state index in [9.17, 15) is 13.2 Å². The van der Waals surface area contributed by atoms with Gasteiger partial charge in [-0.15, -0.1) is 0 Å². The molecule has 1 amide bonds. The monoisotopic (exact) mass is 351 g/mol. The van der Waals surface area contributed by atoms with Crippen LogP contribution in [0.25, 0.3) is 0 Å². The predicted molar refractivity (Wildman–Crippen MR) is 85.5 cm³/mol. The molecule has 0 bridgehead atoms. The van der Waals surface area contributed by atoms with Crippen LogP contribution in [-0.4, -0.2) is 20.4 Å². The zero-order valence-electron chi connectivity index (χ0n) is 12.2. The Morgan fingerprint density at radius 2 is 1.86 bits per heavy atom. The fourth-order valence-electron chi connectivity index (χ4n) is 2.23. The van der Waals surface area contributed by atoms with Crippen molar-refractivity contribution in [2.75, 3.05) is 0 Å². The quantitative estimate of drug-likeness (QED) is 0.792. The maximum Gasteiger partial charge on any atom is 0.261 e. The Morgan fingerprint density at radius 3 is 2.33 bits per heavy atom. The molecule has 1 rings (SSSR count). The van der Waals surface area contributed by atoms with E-state index < -0.39 is 15.0 Å². The molecule has 0 radical (unpaired) electrons. The summed E-state index contributed by atoms with van der Waals surface area (Å²) in [5, 5.41) is 3.04. The normalized spacial score (nSPS) is 13.2. The summed E-state index contributed by atoms with van der Waals surface area (Å²) in [7, 11) is 1.39. The summed E-state index contributed by atoms with van der Waals surface area (Å²) < 4.78 is 22.7. The lowest BCUT2D eigenvalue weighted by molar-refractivity contribution is 0.0925. The first-order valence-corrected chi connectivity index (χ1v) is 9.44. The summed E-state index contributed by atoms with van der Waals surface area (Å²) in [6.07, 6.45) is 1.89. The van der Waals surface area contributed by atoms with Crippen LogP contribution in [0.1, 0.15) is 44.0 Å². The molecule has 0 heterocycles. The van der Waals surface area contributed by atoms with E-state index in [2.05, 4.69) is 19.2 Å². The summed E-state index contributed by atoms with van der Waals surface area (Å²) >= 11 is 5.97. The molecule has 0 fully saturated rings. The molecular weight excluding hydrogens is 333 g/mol. The van der Waals surface area contributed by atoms with Gasteiger partial charge in [0, 0.05) is 16.7 Å². The second kappa shape index (κ2) is 7.47. The van der Waals surface area contributed by atoms with Gasteiger partial charge in [-0.2, -0.15) is 0 Å². The Balaban J connectivity index is 3.02. The van der Waals surface area contributed by atoms with Crippen LogP contribution in [0, 0.1) is 5.92 Å². The third-order valence-corrected chi connectivity index (χ3v) is 5.26. The van der Waals surface area contributed by atoms with Gasteiger partial charge in [0.05, 0.1) is 15.5 Å². The van der Waals surface area contributed by atoms with Crippen molar-refractivity contribution in [2.45, 2.75) is 44.6 Å². The van der Waals surface area contributed by atoms with Crippen LogP contribution >= 0.6 is 22.3 Å². The number of rotatable bonds is 6. The van der Waals surface area contributed by atoms with Crippen molar-refractivity contribution in [3.63, 3.8) is 0 Å². The molecule has 0 saturated carbocycles. The topological polar surface area (TPSA) is 63.2 Å². The molecule has 0 aliphatic carbocycles. The SMILES string of the molecule is CCC(CC)C(C)NC(=O)c1cc(S(=O)(=O)Cl)ccc1Cl. The molecule has 0 aliphatic heterocycles. The van der Waals surface area contributed by atoms with E-state index in [1.807, 2.05) is 6.92 Å². The molecule has 0 saturated heterocycles. The summed E-state index contributed by atoms with van der Waals surface area (Å²) in [4.78, 5) is 12.1. The van der Waals surface area contributed by atoms with Crippen LogP contribution in [-0.2, 0) is 9.05 Å². The van der Waals surface area contributed by atoms with Gasteiger partial charge in [0.25, 0.3) is 15.0 Å². The molecule has 1 N–H and O–H groups in total. The number of hydrogen-bond acceptors (Lipinski definition) is 3. The van der Waals surface area contributed by atoms with Crippen LogP contribution in [0.15, 0.2) is 23.1 Å². The number of amides is 1. The molecule has 0 aliphatic rings. The van der Waals surface area contributed by atoms with Crippen LogP contribution in [0.4, 0.5) is 0 Å². The summed E-state index contributed by atoms with van der Waals surface area (Å²) in [6, 6.07) is 3.79. The van der Waals surface area contributed by atoms with Gasteiger partial charge in [0.15, 0.2) is 0 Å². The van der Waals surface area contributed by atoms with Crippen LogP contribution in [0.3, 0.4) is 0 Å². The van der Waals surface area contributed by atoms with Gasteiger partial charge in [-0.05, 0) is 31.0 Å². The highest BCUT2D eigenvalue weighted by Crippen LogP contribution is 2.23. The first-order chi connectivity index (χ1) is 9.70. The van der Waals surface area contributed by atoms with Crippen molar-refractivity contribution >= 4 is 37.2 Å². The van der Waals surface area contributed by atoms with E-state index in [0.717, 1.165) is 12.8 Å². The lowest BCUT2D eigenvalue weighted by Crippen LogP contribution is -2.37. The van der Waals surface area contributed by atoms with Gasteiger partial charge in [0.1, 0.15) is 0 Å². The minimum absolute atomic E-state index is 0.0279. The number of carbonyl (C=O) groups excluding carboxylic acids is 1. The van der Waals surface area contributed by atoms with Gasteiger partial charge < -0.3 is 5.32 Å². The largest absolute Gasteiger partial charge is 0.349 e. The molecule has 1 unspecified atom stereocenters. The number of benzene rings is 1. The first-order valence-electron chi connectivity index (χ1n) is 6.75. The van der Waals surface area contributed by atoms with Gasteiger partial charge in [-0.25, -0.2) is 8.42 Å². The van der Waals surface area contributed by atoms with Crippen molar-refractivity contribution in [1.82, 2.24) is 5.32 Å². The second-order valence-corrected chi connectivity index (χ2v) is 7.89. The average molecular weight is 352 g/mol. The number of hydrogen-bond donors (Lipinski definition) is 1. The Labute approximate surface area is 135 Å². The van der Waals surface area contributed by atoms with E-state index in [-0.39, 0.29) is 21.5 Å². The van der Waals surface area contributed by atoms with Crippen molar-refractivity contribution in [3.05, 3.63) is 28.8 Å². The molecule has 7 heteroatoms. The van der Waals surface area contributed by atoms with Crippen molar-refractivity contribution < 1.29 is 13.2 Å². The fourth-order valence-corrected chi connectivity index (χ4v) is 3.21. The number of carbonyl (C=O) groups is 1. The van der Waals surface area contributed by atoms with E-state index in [0.29, 0.717) is 5.92 Å². The maximum atomic E-state index is 12.3. The van der Waals surface area contributed by atoms with Crippen molar-refractivity contribution in [3.8, 4) is 0 Å². The van der Waals surface area contributed by atoms with Crippen LogP contribution in [0.2, 0.25) is 5.02 Å². The third-order valence-electron chi connectivity index (χ3n) is 3.58. The Bertz CT molecular complexity index is 613. The third kappa shape index (κ3) is 4.87. The first kappa shape index (κ1) is 18.3. The molecular formula is C14H19Cl2NO3S. The minimum Gasteiger partial charge on any atom is -0.349 e. The van der Waals surface area contributed by atoms with Crippen molar-refractivity contribution in [1.29, 1.82) is 0 Å². The molecule has 21 heavy (non-hydrogen) atoms. The zero-order valence-corrected chi connectivity index (χ0v) is 14.5. The van der Waals surface area contributed by atoms with E-state index >= 15 is 0 Å². The molecule has 1 atom stereocenters. The molecule has 0 aromatic heterocycles. The molecule has 1 aromatic carbocycles. The van der Waals surface area contributed by atoms with Crippen molar-refractivity contribution in [2.24, 2.45) is 5.92 Å². The Hall–Kier alpha value is -0.780. The number of nitrogens with one attached hydrogen (secondary N) is 1. The Morgan fingerprint density at radius 1 is 1.29 bits per heavy atom. The fraction of sp³-hybridized carbons (Fsp3) is 0.500. The van der Waals surface area contributed by atoms with E-state index in [1.54, 1.807) is 0 Å². The standard InChI is InChI=1S/C14H19Cl2NO3S/c1-4-10(5-2)9(3)17-14(18)12-8-11(21(16,19)20)6-7-13(12)15/h6-10H,4-5H2,1-3H3,(H,17,18). The number of halogens is 2. The van der Waals surface area contributed by atoms with Crippen LogP contribution in [0.5, 0.6) is 0 Å². The van der Waals surface area contributed by atoms with E-state index in [4.69, 9.17) is 22.3 Å². The predicted octanol–water partition coefficient (Wildman–Crippen LogP) is 3.82. The average Bonchev–Trinajstić information content (AvgIpc) is 2.39. The molecule has 1 aromatic rings. The van der Waals surface area contributed by atoms with Gasteiger partial charge in [-0.1, -0.05) is 38.3 Å². The van der Waals surface area contributed by atoms with E-state index in [1.165, 1.54) is 18.2 Å². The highest BCUT2D eigenvalue weighted by atomic mass is 35.7. The smallest absolute Gasteiger partial charge is 0.261 e. The zero-order chi connectivity index (χ0) is 16.2. The highest BCUT2D eigenvalue weighted by Gasteiger charge is 2.20. The Kier molecular flexibility index (Phi) is 6.50. The summed E-state index contributed by atoms with van der Waals surface area (Å²) in [6.45, 7) is 6.04. The lowest BCUT2D eigenvalue weighted by atomic mass is 9.95. The molecule has 118 valence electrons. The van der Waals surface area contributed by atoms with Gasteiger partial charge in [-0.3, -0.25) is 4.79 Å². The van der Waals surface area contributed by atoms with Gasteiger partial charge >= 0.3 is 0 Å². The highest BCUT2D eigenvalue weighted by molar-refractivity contribution is 8.13. The lowest BCUT2D eigenvalue weighted by Gasteiger charge is -2.22. The van der Waals surface area contributed by atoms with Crippen LogP contribution < -0.4 is 5.32 Å². The summed E-state index contributed by atoms with van der Waals surface area (Å²) in [5.74, 6) is -0.0470. The molecule has 0 spiro atoms. The summed E-state index contributed by atoms with van der Waals surface area (Å²) in [5.41, 5.74) is 0.108. The van der Waals surface area contributed by atoms with Gasteiger partial charge in [0.2, 0.25) is 0 Å².